The van der Waals surface area contributed by atoms with E-state index in [2.05, 4.69) is 25.5 Å². The van der Waals surface area contributed by atoms with E-state index in [4.69, 9.17) is 14.2 Å². The van der Waals surface area contributed by atoms with E-state index in [0.29, 0.717) is 46.2 Å². The molecule has 0 saturated heterocycles. The fraction of sp³-hybridized carbons (Fsp3) is 0.208. The van der Waals surface area contributed by atoms with Gasteiger partial charge in [-0.15, -0.1) is 10.2 Å². The standard InChI is InChI=1S/C24H22N6O6S/c1-34-17-4-2-3-16(10-17)30-20(8-15-9-21(31)27-23(33)26-15)28-29-24(30)37-12-22(32)25-11-14-5-6-18-19(7-14)36-13-35-18/h2-7,9-10H,8,11-13H2,1H3,(H,25,32)(H2,26,27,31,33). The van der Waals surface area contributed by atoms with Crippen molar-refractivity contribution in [3.8, 4) is 22.9 Å². The number of hydrogen-bond donors (Lipinski definition) is 3. The van der Waals surface area contributed by atoms with E-state index in [0.717, 1.165) is 5.56 Å². The Morgan fingerprint density at radius 3 is 2.81 bits per heavy atom. The van der Waals surface area contributed by atoms with E-state index in [9.17, 15) is 14.4 Å². The lowest BCUT2D eigenvalue weighted by Gasteiger charge is -2.12. The van der Waals surface area contributed by atoms with E-state index in [1.165, 1.54) is 17.8 Å². The van der Waals surface area contributed by atoms with Crippen molar-refractivity contribution in [1.82, 2.24) is 30.0 Å². The molecule has 5 rings (SSSR count). The number of thioether (sulfide) groups is 1. The number of fused-ring (bicyclic) bond motifs is 1. The third kappa shape index (κ3) is 5.67. The van der Waals surface area contributed by atoms with Gasteiger partial charge in [-0.2, -0.15) is 0 Å². The van der Waals surface area contributed by atoms with Gasteiger partial charge in [-0.05, 0) is 29.8 Å². The summed E-state index contributed by atoms with van der Waals surface area (Å²) in [6, 6.07) is 14.1. The Morgan fingerprint density at radius 2 is 1.97 bits per heavy atom. The Balaban J connectivity index is 1.33. The number of hydrogen-bond acceptors (Lipinski definition) is 9. The number of H-pyrrole nitrogens is 2. The normalized spacial score (nSPS) is 11.9. The first kappa shape index (κ1) is 24.2. The van der Waals surface area contributed by atoms with Gasteiger partial charge in [0.05, 0.1) is 18.6 Å². The Labute approximate surface area is 214 Å². The Morgan fingerprint density at radius 1 is 1.11 bits per heavy atom. The van der Waals surface area contributed by atoms with Crippen LogP contribution in [0.2, 0.25) is 0 Å². The summed E-state index contributed by atoms with van der Waals surface area (Å²) in [5.74, 6) is 2.33. The Bertz CT molecular complexity index is 1530. The van der Waals surface area contributed by atoms with Crippen LogP contribution in [0.25, 0.3) is 5.69 Å². The van der Waals surface area contributed by atoms with Gasteiger partial charge in [0, 0.05) is 30.8 Å². The highest BCUT2D eigenvalue weighted by Gasteiger charge is 2.18. The highest BCUT2D eigenvalue weighted by atomic mass is 32.2. The topological polar surface area (TPSA) is 153 Å². The molecule has 0 saturated carbocycles. The van der Waals surface area contributed by atoms with Crippen LogP contribution in [-0.2, 0) is 17.8 Å². The van der Waals surface area contributed by atoms with Gasteiger partial charge in [0.15, 0.2) is 16.7 Å². The van der Waals surface area contributed by atoms with E-state index < -0.39 is 11.2 Å². The van der Waals surface area contributed by atoms with Gasteiger partial charge in [-0.3, -0.25) is 19.1 Å². The van der Waals surface area contributed by atoms with Crippen LogP contribution in [0, 0.1) is 0 Å². The van der Waals surface area contributed by atoms with E-state index in [1.54, 1.807) is 23.8 Å². The summed E-state index contributed by atoms with van der Waals surface area (Å²) >= 11 is 1.21. The number of ether oxygens (including phenoxy) is 3. The number of nitrogens with zero attached hydrogens (tertiary/aromatic N) is 3. The van der Waals surface area contributed by atoms with E-state index in [-0.39, 0.29) is 24.9 Å². The molecule has 12 nitrogen and oxygen atoms in total. The van der Waals surface area contributed by atoms with Crippen LogP contribution in [0.1, 0.15) is 17.1 Å². The molecule has 3 N–H and O–H groups in total. The summed E-state index contributed by atoms with van der Waals surface area (Å²) in [6.45, 7) is 0.522. The van der Waals surface area contributed by atoms with Gasteiger partial charge in [0.25, 0.3) is 5.56 Å². The number of amides is 1. The van der Waals surface area contributed by atoms with Crippen LogP contribution in [0.15, 0.2) is 63.3 Å². The molecule has 4 aromatic rings. The van der Waals surface area contributed by atoms with Crippen molar-refractivity contribution < 1.29 is 19.0 Å². The van der Waals surface area contributed by atoms with Crippen LogP contribution in [0.5, 0.6) is 17.2 Å². The monoisotopic (exact) mass is 522 g/mol. The molecular formula is C24H22N6O6S. The van der Waals surface area contributed by atoms with E-state index >= 15 is 0 Å². The van der Waals surface area contributed by atoms with Crippen molar-refractivity contribution in [3.05, 3.63) is 86.5 Å². The molecular weight excluding hydrogens is 500 g/mol. The minimum Gasteiger partial charge on any atom is -0.497 e. The molecule has 0 fully saturated rings. The van der Waals surface area contributed by atoms with Crippen molar-refractivity contribution in [2.24, 2.45) is 0 Å². The predicted molar refractivity (Wildman–Crippen MR) is 134 cm³/mol. The highest BCUT2D eigenvalue weighted by molar-refractivity contribution is 7.99. The number of benzene rings is 2. The molecule has 1 amide bonds. The number of rotatable bonds is 9. The van der Waals surface area contributed by atoms with Crippen LogP contribution >= 0.6 is 11.8 Å². The van der Waals surface area contributed by atoms with Gasteiger partial charge in [-0.1, -0.05) is 23.9 Å². The largest absolute Gasteiger partial charge is 0.497 e. The second-order valence-corrected chi connectivity index (χ2v) is 8.92. The molecule has 190 valence electrons. The van der Waals surface area contributed by atoms with Crippen molar-refractivity contribution in [2.75, 3.05) is 19.7 Å². The molecule has 2 aromatic carbocycles. The smallest absolute Gasteiger partial charge is 0.325 e. The number of aromatic nitrogens is 5. The minimum absolute atomic E-state index is 0.0918. The Kier molecular flexibility index (Phi) is 6.94. The van der Waals surface area contributed by atoms with Crippen LogP contribution in [0.4, 0.5) is 0 Å². The van der Waals surface area contributed by atoms with Crippen LogP contribution in [0.3, 0.4) is 0 Å². The number of carbonyl (C=O) groups excluding carboxylic acids is 1. The molecule has 0 unspecified atom stereocenters. The van der Waals surface area contributed by atoms with Crippen LogP contribution in [-0.4, -0.2) is 50.3 Å². The zero-order chi connectivity index (χ0) is 25.8. The third-order valence-corrected chi connectivity index (χ3v) is 6.36. The first-order valence-electron chi connectivity index (χ1n) is 11.2. The first-order valence-corrected chi connectivity index (χ1v) is 12.2. The minimum atomic E-state index is -0.608. The van der Waals surface area contributed by atoms with Gasteiger partial charge in [0.1, 0.15) is 11.6 Å². The summed E-state index contributed by atoms with van der Waals surface area (Å²) in [4.78, 5) is 40.8. The summed E-state index contributed by atoms with van der Waals surface area (Å²) in [5, 5.41) is 11.9. The maximum atomic E-state index is 12.6. The summed E-state index contributed by atoms with van der Waals surface area (Å²) in [5.41, 5.74) is 0.845. The third-order valence-electron chi connectivity index (χ3n) is 5.44. The number of methoxy groups -OCH3 is 1. The van der Waals surface area contributed by atoms with Crippen molar-refractivity contribution >= 4 is 17.7 Å². The van der Waals surface area contributed by atoms with E-state index in [1.807, 2.05) is 30.3 Å². The van der Waals surface area contributed by atoms with Crippen LogP contribution < -0.4 is 30.8 Å². The highest BCUT2D eigenvalue weighted by Crippen LogP contribution is 2.32. The van der Waals surface area contributed by atoms with Crippen molar-refractivity contribution in [3.63, 3.8) is 0 Å². The van der Waals surface area contributed by atoms with Crippen molar-refractivity contribution in [1.29, 1.82) is 0 Å². The summed E-state index contributed by atoms with van der Waals surface area (Å²) < 4.78 is 17.8. The number of carbonyl (C=O) groups is 1. The lowest BCUT2D eigenvalue weighted by molar-refractivity contribution is -0.118. The fourth-order valence-electron chi connectivity index (χ4n) is 3.73. The molecule has 0 atom stereocenters. The number of aromatic amines is 2. The average molecular weight is 523 g/mol. The molecule has 37 heavy (non-hydrogen) atoms. The lowest BCUT2D eigenvalue weighted by atomic mass is 10.2. The lowest BCUT2D eigenvalue weighted by Crippen LogP contribution is -2.24. The zero-order valence-corrected chi connectivity index (χ0v) is 20.5. The molecule has 1 aliphatic rings. The molecule has 0 aliphatic carbocycles. The Hall–Kier alpha value is -4.52. The predicted octanol–water partition coefficient (Wildman–Crippen LogP) is 1.38. The molecule has 0 radical (unpaired) electrons. The van der Waals surface area contributed by atoms with Crippen molar-refractivity contribution in [2.45, 2.75) is 18.1 Å². The maximum absolute atomic E-state index is 12.6. The molecule has 0 spiro atoms. The zero-order valence-electron chi connectivity index (χ0n) is 19.6. The van der Waals surface area contributed by atoms with Gasteiger partial charge < -0.3 is 24.5 Å². The fourth-order valence-corrected chi connectivity index (χ4v) is 4.54. The summed E-state index contributed by atoms with van der Waals surface area (Å²) in [7, 11) is 1.56. The maximum Gasteiger partial charge on any atom is 0.325 e. The quantitative estimate of drug-likeness (QED) is 0.277. The number of nitrogens with one attached hydrogen (secondary N) is 3. The second kappa shape index (κ2) is 10.6. The summed E-state index contributed by atoms with van der Waals surface area (Å²) in [6.07, 6.45) is 0.139. The molecule has 3 heterocycles. The van der Waals surface area contributed by atoms with Gasteiger partial charge >= 0.3 is 5.69 Å². The second-order valence-electron chi connectivity index (χ2n) is 7.98. The van der Waals surface area contributed by atoms with Gasteiger partial charge in [-0.25, -0.2) is 4.79 Å². The molecule has 1 aliphatic heterocycles. The molecule has 0 bridgehead atoms. The molecule has 13 heteroatoms. The van der Waals surface area contributed by atoms with Gasteiger partial charge in [0.2, 0.25) is 12.7 Å². The molecule has 2 aromatic heterocycles. The SMILES string of the molecule is COc1cccc(-n2c(Cc3cc(=O)[nH]c(=O)[nH]3)nnc2SCC(=O)NCc2ccc3c(c2)OCO3)c1. The average Bonchev–Trinajstić information content (AvgIpc) is 3.52. The first-order chi connectivity index (χ1) is 18.0.